The first kappa shape index (κ1) is 12.8. The van der Waals surface area contributed by atoms with Gasteiger partial charge in [0.15, 0.2) is 0 Å². The van der Waals surface area contributed by atoms with E-state index in [2.05, 4.69) is 5.92 Å². The first-order chi connectivity index (χ1) is 9.07. The number of aliphatic carboxylic acids is 1. The van der Waals surface area contributed by atoms with Crippen LogP contribution in [0.15, 0.2) is 24.3 Å². The van der Waals surface area contributed by atoms with Crippen LogP contribution < -0.4 is 0 Å². The van der Waals surface area contributed by atoms with E-state index in [9.17, 15) is 14.4 Å². The van der Waals surface area contributed by atoms with Gasteiger partial charge >= 0.3 is 5.97 Å². The van der Waals surface area contributed by atoms with E-state index >= 15 is 0 Å². The van der Waals surface area contributed by atoms with Gasteiger partial charge in [-0.15, -0.1) is 12.3 Å². The molecule has 1 aromatic carbocycles. The summed E-state index contributed by atoms with van der Waals surface area (Å²) in [5, 5.41) is 9.16. The van der Waals surface area contributed by atoms with Gasteiger partial charge in [0, 0.05) is 6.42 Å². The smallest absolute Gasteiger partial charge is 0.326 e. The summed E-state index contributed by atoms with van der Waals surface area (Å²) < 4.78 is 0. The van der Waals surface area contributed by atoms with Gasteiger partial charge in [-0.25, -0.2) is 4.79 Å². The molecule has 1 heterocycles. The van der Waals surface area contributed by atoms with Crippen LogP contribution in [0.2, 0.25) is 0 Å². The van der Waals surface area contributed by atoms with Crippen molar-refractivity contribution < 1.29 is 19.5 Å². The van der Waals surface area contributed by atoms with Gasteiger partial charge in [0.1, 0.15) is 6.04 Å². The van der Waals surface area contributed by atoms with Crippen LogP contribution in [0.4, 0.5) is 0 Å². The van der Waals surface area contributed by atoms with Crippen molar-refractivity contribution >= 4 is 17.8 Å². The average Bonchev–Trinajstić information content (AvgIpc) is 2.64. The molecule has 2 rings (SSSR count). The second-order valence-electron chi connectivity index (χ2n) is 4.12. The van der Waals surface area contributed by atoms with E-state index in [-0.39, 0.29) is 24.0 Å². The fourth-order valence-corrected chi connectivity index (χ4v) is 2.07. The molecule has 0 spiro atoms. The minimum absolute atomic E-state index is 0.0529. The van der Waals surface area contributed by atoms with Crippen molar-refractivity contribution in [3.8, 4) is 12.3 Å². The van der Waals surface area contributed by atoms with Gasteiger partial charge in [-0.2, -0.15) is 0 Å². The molecule has 1 aromatic rings. The van der Waals surface area contributed by atoms with Crippen LogP contribution in [0.5, 0.6) is 0 Å². The van der Waals surface area contributed by atoms with E-state index in [1.807, 2.05) is 0 Å². The standard InChI is InChI=1S/C14H11NO4/c1-2-3-8-11(14(18)19)15-12(16)9-6-4-5-7-10(9)13(15)17/h1,4-7,11H,3,8H2,(H,18,19)/t11-/m0/s1. The average molecular weight is 257 g/mol. The van der Waals surface area contributed by atoms with Gasteiger partial charge in [-0.3, -0.25) is 14.5 Å². The number of amides is 2. The van der Waals surface area contributed by atoms with Crippen LogP contribution in [0, 0.1) is 12.3 Å². The minimum atomic E-state index is -1.23. The van der Waals surface area contributed by atoms with Gasteiger partial charge < -0.3 is 5.11 Å². The number of hydrogen-bond acceptors (Lipinski definition) is 3. The Labute approximate surface area is 109 Å². The highest BCUT2D eigenvalue weighted by Crippen LogP contribution is 2.25. The van der Waals surface area contributed by atoms with Crippen molar-refractivity contribution in [2.75, 3.05) is 0 Å². The maximum Gasteiger partial charge on any atom is 0.326 e. The molecule has 0 fully saturated rings. The zero-order chi connectivity index (χ0) is 14.0. The zero-order valence-electron chi connectivity index (χ0n) is 10.00. The summed E-state index contributed by atoms with van der Waals surface area (Å²) >= 11 is 0. The predicted molar refractivity (Wildman–Crippen MR) is 66.4 cm³/mol. The fourth-order valence-electron chi connectivity index (χ4n) is 2.07. The topological polar surface area (TPSA) is 74.7 Å². The number of benzene rings is 1. The summed E-state index contributed by atoms with van der Waals surface area (Å²) in [6.45, 7) is 0. The van der Waals surface area contributed by atoms with Gasteiger partial charge in [0.25, 0.3) is 11.8 Å². The zero-order valence-corrected chi connectivity index (χ0v) is 10.00. The lowest BCUT2D eigenvalue weighted by atomic mass is 10.1. The van der Waals surface area contributed by atoms with Crippen LogP contribution in [0.25, 0.3) is 0 Å². The van der Waals surface area contributed by atoms with Crippen LogP contribution in [0.3, 0.4) is 0 Å². The summed E-state index contributed by atoms with van der Waals surface area (Å²) in [7, 11) is 0. The lowest BCUT2D eigenvalue weighted by Crippen LogP contribution is -2.44. The molecule has 19 heavy (non-hydrogen) atoms. The largest absolute Gasteiger partial charge is 0.480 e. The SMILES string of the molecule is C#CCC[C@@H](C(=O)O)N1C(=O)c2ccccc2C1=O. The maximum atomic E-state index is 12.1. The number of fused-ring (bicyclic) bond motifs is 1. The summed E-state index contributed by atoms with van der Waals surface area (Å²) in [5.74, 6) is -0.0743. The Morgan fingerprint density at radius 1 is 1.26 bits per heavy atom. The molecule has 96 valence electrons. The summed E-state index contributed by atoms with van der Waals surface area (Å²) in [4.78, 5) is 36.2. The number of imide groups is 1. The number of carbonyl (C=O) groups excluding carboxylic acids is 2. The first-order valence-corrected chi connectivity index (χ1v) is 5.71. The van der Waals surface area contributed by atoms with E-state index in [0.29, 0.717) is 0 Å². The number of terminal acetylenes is 1. The molecule has 1 atom stereocenters. The van der Waals surface area contributed by atoms with Crippen molar-refractivity contribution in [1.29, 1.82) is 0 Å². The lowest BCUT2D eigenvalue weighted by Gasteiger charge is -2.21. The van der Waals surface area contributed by atoms with Crippen molar-refractivity contribution in [2.24, 2.45) is 0 Å². The lowest BCUT2D eigenvalue weighted by molar-refractivity contribution is -0.141. The molecule has 0 saturated heterocycles. The Bertz CT molecular complexity index is 565. The van der Waals surface area contributed by atoms with E-state index in [1.165, 1.54) is 12.1 Å². The van der Waals surface area contributed by atoms with E-state index in [0.717, 1.165) is 4.90 Å². The fraction of sp³-hybridized carbons (Fsp3) is 0.214. The molecule has 0 unspecified atom stereocenters. The van der Waals surface area contributed by atoms with Crippen LogP contribution >= 0.6 is 0 Å². The predicted octanol–water partition coefficient (Wildman–Crippen LogP) is 1.15. The molecule has 1 aliphatic rings. The molecule has 1 aliphatic heterocycles. The molecule has 5 heteroatoms. The molecule has 2 amide bonds. The number of carboxylic acid groups (broad SMARTS) is 1. The molecule has 0 bridgehead atoms. The number of rotatable bonds is 4. The third kappa shape index (κ3) is 2.08. The van der Waals surface area contributed by atoms with Crippen molar-refractivity contribution in [2.45, 2.75) is 18.9 Å². The van der Waals surface area contributed by atoms with Crippen LogP contribution in [-0.4, -0.2) is 33.8 Å². The molecular formula is C14H11NO4. The monoisotopic (exact) mass is 257 g/mol. The highest BCUT2D eigenvalue weighted by atomic mass is 16.4. The third-order valence-corrected chi connectivity index (χ3v) is 2.98. The first-order valence-electron chi connectivity index (χ1n) is 5.71. The molecule has 1 N–H and O–H groups in total. The van der Waals surface area contributed by atoms with Crippen LogP contribution in [-0.2, 0) is 4.79 Å². The van der Waals surface area contributed by atoms with E-state index in [1.54, 1.807) is 12.1 Å². The van der Waals surface area contributed by atoms with Gasteiger partial charge in [0.2, 0.25) is 0 Å². The highest BCUT2D eigenvalue weighted by Gasteiger charge is 2.42. The Kier molecular flexibility index (Phi) is 3.34. The Morgan fingerprint density at radius 3 is 2.21 bits per heavy atom. The number of carbonyl (C=O) groups is 3. The molecular weight excluding hydrogens is 246 g/mol. The van der Waals surface area contributed by atoms with Crippen molar-refractivity contribution in [3.63, 3.8) is 0 Å². The molecule has 5 nitrogen and oxygen atoms in total. The summed E-state index contributed by atoms with van der Waals surface area (Å²) in [6.07, 6.45) is 5.34. The second-order valence-corrected chi connectivity index (χ2v) is 4.12. The van der Waals surface area contributed by atoms with Crippen molar-refractivity contribution in [1.82, 2.24) is 4.90 Å². The van der Waals surface area contributed by atoms with E-state index in [4.69, 9.17) is 11.5 Å². The number of carboxylic acids is 1. The van der Waals surface area contributed by atoms with Gasteiger partial charge in [-0.05, 0) is 18.6 Å². The quantitative estimate of drug-likeness (QED) is 0.648. The highest BCUT2D eigenvalue weighted by molar-refractivity contribution is 6.22. The van der Waals surface area contributed by atoms with Gasteiger partial charge in [-0.1, -0.05) is 12.1 Å². The van der Waals surface area contributed by atoms with Crippen molar-refractivity contribution in [3.05, 3.63) is 35.4 Å². The molecule has 0 radical (unpaired) electrons. The van der Waals surface area contributed by atoms with E-state index < -0.39 is 23.8 Å². The summed E-state index contributed by atoms with van der Waals surface area (Å²) in [6, 6.07) is 5.06. The van der Waals surface area contributed by atoms with Crippen LogP contribution in [0.1, 0.15) is 33.6 Å². The maximum absolute atomic E-state index is 12.1. The number of hydrogen-bond donors (Lipinski definition) is 1. The molecule has 0 aromatic heterocycles. The molecule has 0 aliphatic carbocycles. The summed E-state index contributed by atoms with van der Waals surface area (Å²) in [5.41, 5.74) is 0.471. The third-order valence-electron chi connectivity index (χ3n) is 2.98. The Hall–Kier alpha value is -2.61. The number of nitrogens with zero attached hydrogens (tertiary/aromatic N) is 1. The second kappa shape index (κ2) is 4.94. The Morgan fingerprint density at radius 2 is 1.79 bits per heavy atom. The minimum Gasteiger partial charge on any atom is -0.480 e. The van der Waals surface area contributed by atoms with Gasteiger partial charge in [0.05, 0.1) is 11.1 Å². The molecule has 0 saturated carbocycles. The Balaban J connectivity index is 2.37. The normalized spacial score (nSPS) is 15.0.